The summed E-state index contributed by atoms with van der Waals surface area (Å²) in [5.41, 5.74) is 0. The van der Waals surface area contributed by atoms with Crippen LogP contribution in [0.25, 0.3) is 0 Å². The molecule has 0 heterocycles. The topological polar surface area (TPSA) is 83.1 Å². The first-order chi connectivity index (χ1) is 13.0. The van der Waals surface area contributed by atoms with Gasteiger partial charge in [-0.3, -0.25) is 0 Å². The molecule has 1 aliphatic carbocycles. The minimum Gasteiger partial charge on any atom is -0.316 e. The normalized spacial score (nSPS) is 11.7. The average molecular weight is 553 g/mol. The predicted octanol–water partition coefficient (Wildman–Crippen LogP) is 5.35. The van der Waals surface area contributed by atoms with Gasteiger partial charge in [-0.05, 0) is 12.8 Å². The summed E-state index contributed by atoms with van der Waals surface area (Å²) in [5.74, 6) is 0. The van der Waals surface area contributed by atoms with E-state index in [0.717, 1.165) is 0 Å². The van der Waals surface area contributed by atoms with Crippen LogP contribution in [0.2, 0.25) is 0 Å². The Morgan fingerprint density at radius 2 is 0.607 bits per heavy atom. The molecule has 13 heteroatoms. The molecule has 0 aromatic carbocycles. The van der Waals surface area contributed by atoms with E-state index in [4.69, 9.17) is 0 Å². The molecule has 0 aliphatic heterocycles. The third kappa shape index (κ3) is 29.2. The van der Waals surface area contributed by atoms with Gasteiger partial charge in [0.2, 0.25) is 0 Å². The Hall–Kier alpha value is 1.03. The van der Waals surface area contributed by atoms with E-state index in [2.05, 4.69) is 65.0 Å². The van der Waals surface area contributed by atoms with Gasteiger partial charge >= 0.3 is 25.8 Å². The number of allylic oxidation sites excluding steroid dienone is 4. The molecule has 0 bridgehead atoms. The van der Waals surface area contributed by atoms with Gasteiger partial charge in [-0.25, -0.2) is 0 Å². The second-order valence-corrected chi connectivity index (χ2v) is 8.38. The van der Waals surface area contributed by atoms with E-state index in [-0.39, 0.29) is 19.5 Å². The Labute approximate surface area is 187 Å². The summed E-state index contributed by atoms with van der Waals surface area (Å²) < 4.78 is 42.0. The van der Waals surface area contributed by atoms with Crippen molar-refractivity contribution in [3.05, 3.63) is 24.3 Å². The number of hydrogen-bond acceptors (Lipinski definition) is 9. The number of hydrogen-bond donors (Lipinski definition) is 0. The minimum absolute atomic E-state index is 0. The summed E-state index contributed by atoms with van der Waals surface area (Å²) in [5, 5.41) is 0. The molecule has 0 amide bonds. The first-order valence-corrected chi connectivity index (χ1v) is 10.9. The van der Waals surface area contributed by atoms with E-state index in [0.29, 0.717) is 0 Å². The van der Waals surface area contributed by atoms with Gasteiger partial charge in [0.05, 0.1) is 0 Å². The molecule has 0 saturated carbocycles. The van der Waals surface area contributed by atoms with E-state index < -0.39 is 25.8 Å². The molecule has 9 nitrogen and oxygen atoms in total. The van der Waals surface area contributed by atoms with Crippen molar-refractivity contribution in [1.29, 1.82) is 0 Å². The third-order valence-corrected chi connectivity index (χ3v) is 4.91. The van der Waals surface area contributed by atoms with Crippen molar-refractivity contribution in [3.63, 3.8) is 0 Å². The van der Waals surface area contributed by atoms with Crippen LogP contribution in [0.5, 0.6) is 0 Å². The Morgan fingerprint density at radius 3 is 0.643 bits per heavy atom. The van der Waals surface area contributed by atoms with Gasteiger partial charge in [0.25, 0.3) is 0 Å². The van der Waals surface area contributed by atoms with Crippen LogP contribution >= 0.6 is 25.8 Å². The molecule has 172 valence electrons. The van der Waals surface area contributed by atoms with Gasteiger partial charge < -0.3 is 40.7 Å². The fraction of sp³-hybridized carbons (Fsp3) is 0.733. The zero-order valence-corrected chi connectivity index (χ0v) is 22.5. The van der Waals surface area contributed by atoms with Crippen molar-refractivity contribution in [2.75, 3.05) is 64.0 Å². The van der Waals surface area contributed by atoms with Crippen LogP contribution in [0.4, 0.5) is 0 Å². The van der Waals surface area contributed by atoms with Gasteiger partial charge in [0, 0.05) is 83.5 Å². The zero-order valence-electron chi connectivity index (χ0n) is 18.1. The van der Waals surface area contributed by atoms with Crippen LogP contribution in [0.15, 0.2) is 24.3 Å². The van der Waals surface area contributed by atoms with E-state index in [1.165, 1.54) is 12.8 Å². The van der Waals surface area contributed by atoms with E-state index in [1.54, 1.807) is 64.0 Å². The molecule has 0 saturated heterocycles. The standard InChI is InChI=1S/C6H8.3C3H9O3P.Ru/c1-2-4-6-5-3-1;3*1-4-7(5-2)6-3;/h1-4H,5-6H2;3*1-3H3;. The molecular formula is C15H35O9P3Ru. The molecule has 0 spiro atoms. The first-order valence-electron chi connectivity index (χ1n) is 7.63. The second-order valence-electron chi connectivity index (χ2n) is 3.75. The van der Waals surface area contributed by atoms with E-state index in [9.17, 15) is 0 Å². The number of rotatable bonds is 9. The smallest absolute Gasteiger partial charge is 0.316 e. The Kier molecular flexibility index (Phi) is 42.5. The molecule has 28 heavy (non-hydrogen) atoms. The summed E-state index contributed by atoms with van der Waals surface area (Å²) in [4.78, 5) is 0. The Morgan fingerprint density at radius 1 is 0.429 bits per heavy atom. The van der Waals surface area contributed by atoms with Gasteiger partial charge in [-0.1, -0.05) is 24.3 Å². The fourth-order valence-corrected chi connectivity index (χ4v) is 2.55. The first kappa shape index (κ1) is 36.4. The van der Waals surface area contributed by atoms with Crippen molar-refractivity contribution in [1.82, 2.24) is 0 Å². The van der Waals surface area contributed by atoms with Gasteiger partial charge in [-0.15, -0.1) is 0 Å². The van der Waals surface area contributed by atoms with Crippen LogP contribution < -0.4 is 0 Å². The average Bonchev–Trinajstić information content (AvgIpc) is 2.75. The molecule has 0 aromatic rings. The predicted molar refractivity (Wildman–Crippen MR) is 111 cm³/mol. The Bertz CT molecular complexity index is 260. The van der Waals surface area contributed by atoms with Crippen molar-refractivity contribution in [2.24, 2.45) is 0 Å². The molecule has 0 aromatic heterocycles. The van der Waals surface area contributed by atoms with E-state index >= 15 is 0 Å². The summed E-state index contributed by atoms with van der Waals surface area (Å²) in [6.07, 6.45) is 11.0. The molecule has 0 unspecified atom stereocenters. The van der Waals surface area contributed by atoms with Crippen LogP contribution in [-0.4, -0.2) is 64.0 Å². The summed E-state index contributed by atoms with van der Waals surface area (Å²) >= 11 is 0. The summed E-state index contributed by atoms with van der Waals surface area (Å²) in [7, 11) is 10.7. The van der Waals surface area contributed by atoms with Crippen LogP contribution in [0.3, 0.4) is 0 Å². The molecule has 0 atom stereocenters. The van der Waals surface area contributed by atoms with Crippen LogP contribution in [-0.2, 0) is 60.2 Å². The molecule has 1 aliphatic rings. The van der Waals surface area contributed by atoms with Gasteiger partial charge in [-0.2, -0.15) is 0 Å². The largest absolute Gasteiger partial charge is 0.331 e. The minimum atomic E-state index is -1.05. The molecule has 0 radical (unpaired) electrons. The molecule has 0 fully saturated rings. The SMILES string of the molecule is C1=CCCC=C1.COP(OC)OC.COP(OC)OC.COP(OC)OC.[Ru]. The molecular weight excluding hydrogens is 518 g/mol. The fourth-order valence-electron chi connectivity index (χ4n) is 1.21. The molecule has 0 N–H and O–H groups in total. The quantitative estimate of drug-likeness (QED) is 0.277. The monoisotopic (exact) mass is 554 g/mol. The van der Waals surface area contributed by atoms with Crippen molar-refractivity contribution in [2.45, 2.75) is 12.8 Å². The molecule has 1 rings (SSSR count). The second kappa shape index (κ2) is 32.7. The summed E-state index contributed by atoms with van der Waals surface area (Å²) in [6, 6.07) is 0. The zero-order chi connectivity index (χ0) is 21.3. The van der Waals surface area contributed by atoms with Crippen molar-refractivity contribution < 1.29 is 60.2 Å². The maximum absolute atomic E-state index is 4.67. The van der Waals surface area contributed by atoms with Crippen LogP contribution in [0.1, 0.15) is 12.8 Å². The summed E-state index contributed by atoms with van der Waals surface area (Å²) in [6.45, 7) is 0. The Balaban J connectivity index is -0.000000136. The maximum Gasteiger partial charge on any atom is 0.331 e. The van der Waals surface area contributed by atoms with Crippen LogP contribution in [0, 0.1) is 0 Å². The van der Waals surface area contributed by atoms with E-state index in [1.807, 2.05) is 0 Å². The maximum atomic E-state index is 4.67. The third-order valence-electron chi connectivity index (χ3n) is 2.22. The van der Waals surface area contributed by atoms with Gasteiger partial charge in [0.15, 0.2) is 0 Å². The van der Waals surface area contributed by atoms with Crippen molar-refractivity contribution >= 4 is 25.8 Å². The van der Waals surface area contributed by atoms with Crippen molar-refractivity contribution in [3.8, 4) is 0 Å². The van der Waals surface area contributed by atoms with Gasteiger partial charge in [0.1, 0.15) is 0 Å².